The van der Waals surface area contributed by atoms with Crippen LogP contribution in [-0.4, -0.2) is 60.4 Å². The Labute approximate surface area is 139 Å². The van der Waals surface area contributed by atoms with Crippen molar-refractivity contribution in [2.75, 3.05) is 38.7 Å². The molecule has 8 nitrogen and oxygen atoms in total. The minimum Gasteiger partial charge on any atom is -0.465 e. The topological polar surface area (TPSA) is 123 Å². The molecule has 0 fully saturated rings. The van der Waals surface area contributed by atoms with Crippen LogP contribution in [0.25, 0.3) is 0 Å². The number of ether oxygens (including phenoxy) is 1. The van der Waals surface area contributed by atoms with Crippen LogP contribution in [0.1, 0.15) is 10.4 Å². The van der Waals surface area contributed by atoms with Crippen molar-refractivity contribution in [3.05, 3.63) is 41.6 Å². The van der Waals surface area contributed by atoms with Crippen LogP contribution >= 0.6 is 0 Å². The molecule has 0 heterocycles. The molecule has 0 aromatic heterocycles. The third-order valence-corrected chi connectivity index (χ3v) is 3.04. The van der Waals surface area contributed by atoms with Gasteiger partial charge in [-0.25, -0.2) is 4.79 Å². The molecule has 3 N–H and O–H groups in total. The molecule has 0 bridgehead atoms. The van der Waals surface area contributed by atoms with Crippen LogP contribution in [0.15, 0.2) is 36.0 Å². The fourth-order valence-corrected chi connectivity index (χ4v) is 1.88. The van der Waals surface area contributed by atoms with Crippen molar-refractivity contribution in [2.24, 2.45) is 0 Å². The molecule has 8 heteroatoms. The van der Waals surface area contributed by atoms with E-state index in [0.717, 1.165) is 0 Å². The zero-order valence-electron chi connectivity index (χ0n) is 13.2. The molecule has 0 radical (unpaired) electrons. The van der Waals surface area contributed by atoms with E-state index in [1.54, 1.807) is 24.3 Å². The number of aliphatic hydroxyl groups is 2. The zero-order chi connectivity index (χ0) is 17.9. The number of benzene rings is 1. The summed E-state index contributed by atoms with van der Waals surface area (Å²) in [6, 6.07) is 8.14. The van der Waals surface area contributed by atoms with Gasteiger partial charge in [-0.15, -0.1) is 0 Å². The number of hydrogen-bond acceptors (Lipinski definition) is 7. The van der Waals surface area contributed by atoms with Crippen LogP contribution in [0.3, 0.4) is 0 Å². The van der Waals surface area contributed by atoms with Crippen LogP contribution in [0.5, 0.6) is 0 Å². The Morgan fingerprint density at radius 1 is 1.33 bits per heavy atom. The average Bonchev–Trinajstić information content (AvgIpc) is 2.61. The van der Waals surface area contributed by atoms with Crippen LogP contribution in [0.4, 0.5) is 5.69 Å². The molecule has 0 aliphatic carbocycles. The minimum atomic E-state index is -0.614. The number of carbonyl (C=O) groups is 2. The van der Waals surface area contributed by atoms with Crippen LogP contribution in [0, 0.1) is 11.3 Å². The van der Waals surface area contributed by atoms with Crippen LogP contribution in [-0.2, 0) is 9.53 Å². The number of aliphatic hydroxyl groups excluding tert-OH is 2. The van der Waals surface area contributed by atoms with Gasteiger partial charge < -0.3 is 25.2 Å². The lowest BCUT2D eigenvalue weighted by Gasteiger charge is -2.20. The highest BCUT2D eigenvalue weighted by Gasteiger charge is 2.17. The fourth-order valence-electron chi connectivity index (χ4n) is 1.88. The van der Waals surface area contributed by atoms with Crippen molar-refractivity contribution in [1.29, 1.82) is 5.26 Å². The Kier molecular flexibility index (Phi) is 7.98. The highest BCUT2D eigenvalue weighted by atomic mass is 16.5. The smallest absolute Gasteiger partial charge is 0.337 e. The summed E-state index contributed by atoms with van der Waals surface area (Å²) >= 11 is 0. The van der Waals surface area contributed by atoms with Crippen molar-refractivity contribution < 1.29 is 24.5 Å². The van der Waals surface area contributed by atoms with Gasteiger partial charge in [0.1, 0.15) is 11.6 Å². The number of amides is 1. The molecule has 0 unspecified atom stereocenters. The normalized spacial score (nSPS) is 10.7. The molecule has 24 heavy (non-hydrogen) atoms. The molecule has 0 atom stereocenters. The molecule has 1 rings (SSSR count). The lowest BCUT2D eigenvalue weighted by molar-refractivity contribution is -0.127. The van der Waals surface area contributed by atoms with Gasteiger partial charge in [-0.05, 0) is 18.2 Å². The Hall–Kier alpha value is -2.89. The predicted octanol–water partition coefficient (Wildman–Crippen LogP) is 0.106. The van der Waals surface area contributed by atoms with Crippen molar-refractivity contribution >= 4 is 17.6 Å². The first-order valence-electron chi connectivity index (χ1n) is 7.13. The second-order valence-corrected chi connectivity index (χ2v) is 4.63. The Morgan fingerprint density at radius 3 is 2.54 bits per heavy atom. The maximum Gasteiger partial charge on any atom is 0.337 e. The summed E-state index contributed by atoms with van der Waals surface area (Å²) in [6.07, 6.45) is 1.21. The summed E-state index contributed by atoms with van der Waals surface area (Å²) in [5.74, 6) is -1.12. The molecule has 0 saturated heterocycles. The van der Waals surface area contributed by atoms with Crippen LogP contribution in [0.2, 0.25) is 0 Å². The summed E-state index contributed by atoms with van der Waals surface area (Å²) in [5.41, 5.74) is 0.623. The van der Waals surface area contributed by atoms with Crippen molar-refractivity contribution in [3.63, 3.8) is 0 Å². The quantitative estimate of drug-likeness (QED) is 0.350. The Balaban J connectivity index is 2.91. The maximum absolute atomic E-state index is 12.2. The number of rotatable bonds is 8. The standard InChI is InChI=1S/C16H19N3O5/c1-24-16(23)12-3-2-4-14(9-12)18-11-13(10-17)15(22)19(5-7-20)6-8-21/h2-4,9,11,18,20-21H,5-8H2,1H3/b13-11-. The monoisotopic (exact) mass is 333 g/mol. The molecule has 0 aliphatic rings. The van der Waals surface area contributed by atoms with E-state index in [0.29, 0.717) is 11.3 Å². The van der Waals surface area contributed by atoms with E-state index in [9.17, 15) is 9.59 Å². The Bertz CT molecular complexity index is 645. The number of carbonyl (C=O) groups excluding carboxylic acids is 2. The highest BCUT2D eigenvalue weighted by Crippen LogP contribution is 2.12. The van der Waals surface area contributed by atoms with E-state index < -0.39 is 11.9 Å². The fraction of sp³-hybridized carbons (Fsp3) is 0.312. The minimum absolute atomic E-state index is 0.0102. The average molecular weight is 333 g/mol. The Morgan fingerprint density at radius 2 is 2.00 bits per heavy atom. The lowest BCUT2D eigenvalue weighted by atomic mass is 10.2. The van der Waals surface area contributed by atoms with E-state index in [-0.39, 0.29) is 31.9 Å². The van der Waals surface area contributed by atoms with E-state index >= 15 is 0 Å². The number of nitriles is 1. The van der Waals surface area contributed by atoms with E-state index in [4.69, 9.17) is 15.5 Å². The molecule has 0 spiro atoms. The number of methoxy groups -OCH3 is 1. The van der Waals surface area contributed by atoms with E-state index in [1.807, 2.05) is 0 Å². The SMILES string of the molecule is COC(=O)c1cccc(N/C=C(/C#N)C(=O)N(CCO)CCO)c1. The predicted molar refractivity (Wildman–Crippen MR) is 85.9 cm³/mol. The number of anilines is 1. The van der Waals surface area contributed by atoms with Gasteiger partial charge in [0, 0.05) is 25.0 Å². The summed E-state index contributed by atoms with van der Waals surface area (Å²) in [4.78, 5) is 24.8. The first kappa shape index (κ1) is 19.2. The molecular formula is C16H19N3O5. The number of nitrogens with one attached hydrogen (secondary N) is 1. The number of hydrogen-bond donors (Lipinski definition) is 3. The van der Waals surface area contributed by atoms with Gasteiger partial charge in [0.2, 0.25) is 0 Å². The van der Waals surface area contributed by atoms with Crippen LogP contribution < -0.4 is 5.32 Å². The van der Waals surface area contributed by atoms with E-state index in [2.05, 4.69) is 10.1 Å². The summed E-state index contributed by atoms with van der Waals surface area (Å²) in [6.45, 7) is -0.537. The molecule has 0 saturated carbocycles. The van der Waals surface area contributed by atoms with Gasteiger partial charge in [0.05, 0.1) is 25.9 Å². The summed E-state index contributed by atoms with van der Waals surface area (Å²) in [5, 5.41) is 29.8. The highest BCUT2D eigenvalue weighted by molar-refractivity contribution is 5.97. The first-order valence-corrected chi connectivity index (χ1v) is 7.13. The van der Waals surface area contributed by atoms with Crippen molar-refractivity contribution in [3.8, 4) is 6.07 Å². The molecule has 1 aromatic rings. The number of nitrogens with zero attached hydrogens (tertiary/aromatic N) is 2. The molecule has 1 aromatic carbocycles. The lowest BCUT2D eigenvalue weighted by Crippen LogP contribution is -2.36. The van der Waals surface area contributed by atoms with Gasteiger partial charge in [-0.2, -0.15) is 5.26 Å². The zero-order valence-corrected chi connectivity index (χ0v) is 13.2. The second-order valence-electron chi connectivity index (χ2n) is 4.63. The molecule has 1 amide bonds. The second kappa shape index (κ2) is 9.99. The van der Waals surface area contributed by atoms with Gasteiger partial charge in [-0.3, -0.25) is 4.79 Å². The van der Waals surface area contributed by atoms with Crippen molar-refractivity contribution in [1.82, 2.24) is 4.90 Å². The molecule has 0 aliphatic heterocycles. The third-order valence-electron chi connectivity index (χ3n) is 3.04. The number of esters is 1. The first-order chi connectivity index (χ1) is 11.6. The van der Waals surface area contributed by atoms with Gasteiger partial charge >= 0.3 is 5.97 Å². The van der Waals surface area contributed by atoms with Gasteiger partial charge in [-0.1, -0.05) is 6.07 Å². The van der Waals surface area contributed by atoms with Gasteiger partial charge in [0.15, 0.2) is 0 Å². The molecular weight excluding hydrogens is 314 g/mol. The van der Waals surface area contributed by atoms with E-state index in [1.165, 1.54) is 24.3 Å². The summed E-state index contributed by atoms with van der Waals surface area (Å²) < 4.78 is 4.62. The molecule has 128 valence electrons. The maximum atomic E-state index is 12.2. The van der Waals surface area contributed by atoms with Crippen molar-refractivity contribution in [2.45, 2.75) is 0 Å². The summed E-state index contributed by atoms with van der Waals surface area (Å²) in [7, 11) is 1.27. The third kappa shape index (κ3) is 5.39. The largest absolute Gasteiger partial charge is 0.465 e. The van der Waals surface area contributed by atoms with Gasteiger partial charge in [0.25, 0.3) is 5.91 Å².